The van der Waals surface area contributed by atoms with Crippen LogP contribution in [0.15, 0.2) is 18.2 Å². The minimum atomic E-state index is -0.270. The van der Waals surface area contributed by atoms with Crippen LogP contribution in [0.1, 0.15) is 31.3 Å². The van der Waals surface area contributed by atoms with E-state index in [1.165, 1.54) is 0 Å². The van der Waals surface area contributed by atoms with Gasteiger partial charge in [0.1, 0.15) is 0 Å². The van der Waals surface area contributed by atoms with E-state index in [2.05, 4.69) is 15.9 Å². The first-order chi connectivity index (χ1) is 8.27. The largest absolute Gasteiger partial charge is 0.346 e. The van der Waals surface area contributed by atoms with Crippen LogP contribution in [-0.2, 0) is 9.47 Å². The number of hydrogen-bond donors (Lipinski definition) is 0. The average Bonchev–Trinajstić information content (AvgIpc) is 2.88. The molecule has 1 aliphatic heterocycles. The second-order valence-corrected chi connectivity index (χ2v) is 3.51. The molecule has 0 N–H and O–H groups in total. The maximum Gasteiger partial charge on any atom is 0.185 e. The highest BCUT2D eigenvalue weighted by atomic mass is 79.9. The molecular weight excluding hydrogens is 303 g/mol. The molecule has 0 bridgehead atoms. The molecule has 4 heteroatoms. The van der Waals surface area contributed by atoms with Crippen LogP contribution in [0.5, 0.6) is 0 Å². The van der Waals surface area contributed by atoms with Crippen molar-refractivity contribution in [3.05, 3.63) is 34.3 Å². The van der Waals surface area contributed by atoms with E-state index in [9.17, 15) is 0 Å². The molecular formula is C13H20BrClO2. The van der Waals surface area contributed by atoms with Gasteiger partial charge in [0.25, 0.3) is 0 Å². The summed E-state index contributed by atoms with van der Waals surface area (Å²) in [6, 6.07) is 5.88. The molecule has 2 nitrogen and oxygen atoms in total. The van der Waals surface area contributed by atoms with Gasteiger partial charge in [-0.2, -0.15) is 0 Å². The molecule has 0 radical (unpaired) electrons. The predicted molar refractivity (Wildman–Crippen MR) is 77.0 cm³/mol. The standard InChI is InChI=1S/C10H11ClO2.C2H6.CH3Br/c1-7-2-3-8(9(11)6-7)10-12-4-5-13-10;2*1-2/h2-3,6,10H,4-5H2,1H3;1-2H3;1H3. The van der Waals surface area contributed by atoms with E-state index in [-0.39, 0.29) is 6.29 Å². The fourth-order valence-corrected chi connectivity index (χ4v) is 1.69. The van der Waals surface area contributed by atoms with Gasteiger partial charge in [-0.1, -0.05) is 53.5 Å². The fourth-order valence-electron chi connectivity index (χ4n) is 1.36. The number of hydrogen-bond acceptors (Lipinski definition) is 2. The van der Waals surface area contributed by atoms with Crippen LogP contribution in [0.4, 0.5) is 0 Å². The summed E-state index contributed by atoms with van der Waals surface area (Å²) < 4.78 is 10.7. The molecule has 1 heterocycles. The van der Waals surface area contributed by atoms with Gasteiger partial charge in [-0.05, 0) is 24.4 Å². The Balaban J connectivity index is 0.000000581. The SMILES string of the molecule is CBr.CC.Cc1ccc(C2OCCO2)c(Cl)c1. The molecule has 1 fully saturated rings. The van der Waals surface area contributed by atoms with Crippen molar-refractivity contribution in [2.45, 2.75) is 27.1 Å². The summed E-state index contributed by atoms with van der Waals surface area (Å²) in [6.07, 6.45) is -0.270. The van der Waals surface area contributed by atoms with Crippen molar-refractivity contribution in [2.24, 2.45) is 0 Å². The van der Waals surface area contributed by atoms with E-state index in [4.69, 9.17) is 21.1 Å². The molecule has 2 rings (SSSR count). The lowest BCUT2D eigenvalue weighted by Gasteiger charge is -2.11. The molecule has 0 aromatic heterocycles. The number of rotatable bonds is 1. The van der Waals surface area contributed by atoms with Gasteiger partial charge in [0.05, 0.1) is 13.2 Å². The minimum Gasteiger partial charge on any atom is -0.346 e. The second kappa shape index (κ2) is 9.89. The molecule has 1 aromatic carbocycles. The van der Waals surface area contributed by atoms with Gasteiger partial charge in [-0.3, -0.25) is 0 Å². The summed E-state index contributed by atoms with van der Waals surface area (Å²) in [5, 5.41) is 0.715. The highest BCUT2D eigenvalue weighted by Crippen LogP contribution is 2.29. The van der Waals surface area contributed by atoms with Gasteiger partial charge in [-0.25, -0.2) is 0 Å². The second-order valence-electron chi connectivity index (χ2n) is 3.10. The molecule has 1 aromatic rings. The van der Waals surface area contributed by atoms with Crippen molar-refractivity contribution >= 4 is 27.5 Å². The number of ether oxygens (including phenoxy) is 2. The Labute approximate surface area is 117 Å². The van der Waals surface area contributed by atoms with Crippen LogP contribution >= 0.6 is 27.5 Å². The van der Waals surface area contributed by atoms with E-state index in [1.807, 2.05) is 44.8 Å². The van der Waals surface area contributed by atoms with E-state index >= 15 is 0 Å². The normalized spacial score (nSPS) is 14.5. The summed E-state index contributed by atoms with van der Waals surface area (Å²) in [6.45, 7) is 7.30. The zero-order chi connectivity index (χ0) is 13.3. The molecule has 0 spiro atoms. The Morgan fingerprint density at radius 3 is 2.18 bits per heavy atom. The topological polar surface area (TPSA) is 18.5 Å². The lowest BCUT2D eigenvalue weighted by atomic mass is 10.1. The highest BCUT2D eigenvalue weighted by Gasteiger charge is 2.20. The van der Waals surface area contributed by atoms with Crippen molar-refractivity contribution in [3.8, 4) is 0 Å². The number of benzene rings is 1. The van der Waals surface area contributed by atoms with E-state index < -0.39 is 0 Å². The number of alkyl halides is 1. The summed E-state index contributed by atoms with van der Waals surface area (Å²) in [4.78, 5) is 0. The Hall–Kier alpha value is -0.0900. The van der Waals surface area contributed by atoms with Crippen LogP contribution in [0.2, 0.25) is 5.02 Å². The smallest absolute Gasteiger partial charge is 0.185 e. The number of halogens is 2. The van der Waals surface area contributed by atoms with Crippen LogP contribution < -0.4 is 0 Å². The monoisotopic (exact) mass is 322 g/mol. The molecule has 0 amide bonds. The van der Waals surface area contributed by atoms with E-state index in [0.29, 0.717) is 18.2 Å². The predicted octanol–water partition coefficient (Wildman–Crippen LogP) is 4.73. The van der Waals surface area contributed by atoms with Crippen LogP contribution in [0, 0.1) is 6.92 Å². The fraction of sp³-hybridized carbons (Fsp3) is 0.538. The quantitative estimate of drug-likeness (QED) is 0.696. The first-order valence-electron chi connectivity index (χ1n) is 5.64. The minimum absolute atomic E-state index is 0.270. The van der Waals surface area contributed by atoms with Crippen molar-refractivity contribution in [1.82, 2.24) is 0 Å². The lowest BCUT2D eigenvalue weighted by molar-refractivity contribution is -0.0440. The summed E-state index contributed by atoms with van der Waals surface area (Å²) >= 11 is 8.99. The maximum absolute atomic E-state index is 6.05. The van der Waals surface area contributed by atoms with Crippen LogP contribution in [-0.4, -0.2) is 19.0 Å². The molecule has 0 unspecified atom stereocenters. The van der Waals surface area contributed by atoms with Gasteiger partial charge < -0.3 is 9.47 Å². The van der Waals surface area contributed by atoms with Gasteiger partial charge in [0, 0.05) is 10.6 Å². The molecule has 0 atom stereocenters. The zero-order valence-electron chi connectivity index (χ0n) is 10.8. The van der Waals surface area contributed by atoms with Gasteiger partial charge in [0.15, 0.2) is 6.29 Å². The molecule has 17 heavy (non-hydrogen) atoms. The molecule has 0 aliphatic carbocycles. The molecule has 1 saturated heterocycles. The first-order valence-corrected chi connectivity index (χ1v) is 7.61. The number of aryl methyl sites for hydroxylation is 1. The average molecular weight is 324 g/mol. The van der Waals surface area contributed by atoms with Crippen molar-refractivity contribution < 1.29 is 9.47 Å². The Morgan fingerprint density at radius 1 is 1.18 bits per heavy atom. The molecule has 1 aliphatic rings. The highest BCUT2D eigenvalue weighted by molar-refractivity contribution is 9.08. The zero-order valence-corrected chi connectivity index (χ0v) is 13.1. The summed E-state index contributed by atoms with van der Waals surface area (Å²) in [7, 11) is 0. The van der Waals surface area contributed by atoms with Crippen molar-refractivity contribution in [2.75, 3.05) is 19.0 Å². The third kappa shape index (κ3) is 5.38. The van der Waals surface area contributed by atoms with Crippen LogP contribution in [0.3, 0.4) is 0 Å². The first kappa shape index (κ1) is 16.9. The maximum atomic E-state index is 6.05. The molecule has 0 saturated carbocycles. The van der Waals surface area contributed by atoms with Crippen molar-refractivity contribution in [1.29, 1.82) is 0 Å². The molecule has 98 valence electrons. The third-order valence-electron chi connectivity index (χ3n) is 2.03. The van der Waals surface area contributed by atoms with E-state index in [1.54, 1.807) is 0 Å². The Kier molecular flexibility index (Phi) is 9.84. The summed E-state index contributed by atoms with van der Waals surface area (Å²) in [5.74, 6) is 1.81. The lowest BCUT2D eigenvalue weighted by Crippen LogP contribution is -1.98. The van der Waals surface area contributed by atoms with Gasteiger partial charge in [0.2, 0.25) is 0 Å². The van der Waals surface area contributed by atoms with Crippen molar-refractivity contribution in [3.63, 3.8) is 0 Å². The third-order valence-corrected chi connectivity index (χ3v) is 2.36. The van der Waals surface area contributed by atoms with Gasteiger partial charge in [-0.15, -0.1) is 0 Å². The Morgan fingerprint density at radius 2 is 1.71 bits per heavy atom. The van der Waals surface area contributed by atoms with Gasteiger partial charge >= 0.3 is 0 Å². The summed E-state index contributed by atoms with van der Waals surface area (Å²) in [5.41, 5.74) is 2.07. The Bertz CT molecular complexity index is 312. The van der Waals surface area contributed by atoms with E-state index in [0.717, 1.165) is 11.1 Å². The van der Waals surface area contributed by atoms with Crippen LogP contribution in [0.25, 0.3) is 0 Å².